The summed E-state index contributed by atoms with van der Waals surface area (Å²) >= 11 is 7.61. The number of hydrogen-bond acceptors (Lipinski definition) is 6. The minimum Gasteiger partial charge on any atom is -0.507 e. The molecule has 182 valence electrons. The van der Waals surface area contributed by atoms with Crippen LogP contribution < -0.4 is 9.64 Å². The monoisotopic (exact) mass is 510 g/mol. The normalized spacial score (nSPS) is 17.8. The molecule has 1 amide bonds. The molecule has 1 N–H and O–H groups in total. The standard InChI is InChI=1S/C27H27ClN2O4S/c1-14-15(2)35-26(29-14)30-22(16-7-10-18(11-8-16)27(3,4)5)21(24(32)25(30)33)23(31)17-9-12-20(34-6)19(28)13-17/h7-13,22,31H,1-6H3/b23-21+/t22-/m0/s1. The van der Waals surface area contributed by atoms with Crippen molar-refractivity contribution in [1.82, 2.24) is 4.98 Å². The third-order valence-corrected chi connectivity index (χ3v) is 7.55. The number of rotatable bonds is 4. The fraction of sp³-hybridized carbons (Fsp3) is 0.296. The summed E-state index contributed by atoms with van der Waals surface area (Å²) in [4.78, 5) is 33.5. The van der Waals surface area contributed by atoms with Crippen molar-refractivity contribution in [3.05, 3.63) is 80.3 Å². The molecular formula is C27H27ClN2O4S. The molecule has 1 aromatic heterocycles. The van der Waals surface area contributed by atoms with Gasteiger partial charge in [-0.2, -0.15) is 0 Å². The first-order valence-corrected chi connectivity index (χ1v) is 12.3. The van der Waals surface area contributed by atoms with E-state index in [-0.39, 0.29) is 21.8 Å². The summed E-state index contributed by atoms with van der Waals surface area (Å²) in [5.74, 6) is -1.37. The Morgan fingerprint density at radius 2 is 1.77 bits per heavy atom. The topological polar surface area (TPSA) is 79.7 Å². The molecule has 1 aliphatic rings. The SMILES string of the molecule is COc1ccc(/C(O)=C2\C(=O)C(=O)N(c3nc(C)c(C)s3)[C@H]2c2ccc(C(C)(C)C)cc2)cc1Cl. The summed E-state index contributed by atoms with van der Waals surface area (Å²) in [5, 5.41) is 12.0. The summed E-state index contributed by atoms with van der Waals surface area (Å²) in [6.45, 7) is 10.1. The minimum atomic E-state index is -0.838. The molecule has 0 spiro atoms. The summed E-state index contributed by atoms with van der Waals surface area (Å²) in [5.41, 5.74) is 2.84. The molecule has 1 saturated heterocycles. The molecular weight excluding hydrogens is 484 g/mol. The van der Waals surface area contributed by atoms with E-state index in [1.807, 2.05) is 38.1 Å². The van der Waals surface area contributed by atoms with Crippen molar-refractivity contribution < 1.29 is 19.4 Å². The molecule has 6 nitrogen and oxygen atoms in total. The smallest absolute Gasteiger partial charge is 0.301 e. The number of amides is 1. The van der Waals surface area contributed by atoms with Crippen molar-refractivity contribution in [2.24, 2.45) is 0 Å². The molecule has 8 heteroatoms. The Balaban J connectivity index is 1.93. The van der Waals surface area contributed by atoms with Crippen molar-refractivity contribution in [3.8, 4) is 5.75 Å². The van der Waals surface area contributed by atoms with Crippen LogP contribution in [0.2, 0.25) is 5.02 Å². The van der Waals surface area contributed by atoms with Crippen molar-refractivity contribution in [1.29, 1.82) is 0 Å². The Morgan fingerprint density at radius 3 is 2.29 bits per heavy atom. The second kappa shape index (κ2) is 9.13. The van der Waals surface area contributed by atoms with Gasteiger partial charge in [-0.1, -0.05) is 56.6 Å². The van der Waals surface area contributed by atoms with E-state index in [1.165, 1.54) is 29.4 Å². The fourth-order valence-corrected chi connectivity index (χ4v) is 5.23. The summed E-state index contributed by atoms with van der Waals surface area (Å²) in [6, 6.07) is 11.6. The Bertz CT molecular complexity index is 1330. The number of nitrogens with zero attached hydrogens (tertiary/aromatic N) is 2. The molecule has 0 aliphatic carbocycles. The quantitative estimate of drug-likeness (QED) is 0.251. The Labute approximate surface area is 213 Å². The number of methoxy groups -OCH3 is 1. The van der Waals surface area contributed by atoms with Gasteiger partial charge in [0.2, 0.25) is 0 Å². The lowest BCUT2D eigenvalue weighted by molar-refractivity contribution is -0.132. The molecule has 0 bridgehead atoms. The van der Waals surface area contributed by atoms with Gasteiger partial charge in [-0.3, -0.25) is 14.5 Å². The van der Waals surface area contributed by atoms with Gasteiger partial charge < -0.3 is 9.84 Å². The fourth-order valence-electron chi connectivity index (χ4n) is 4.04. The number of ketones is 1. The Kier molecular flexibility index (Phi) is 6.51. The zero-order valence-electron chi connectivity index (χ0n) is 20.5. The van der Waals surface area contributed by atoms with Gasteiger partial charge in [0, 0.05) is 10.4 Å². The lowest BCUT2D eigenvalue weighted by Gasteiger charge is -2.25. The van der Waals surface area contributed by atoms with E-state index in [1.54, 1.807) is 12.1 Å². The molecule has 35 heavy (non-hydrogen) atoms. The predicted octanol–water partition coefficient (Wildman–Crippen LogP) is 6.35. The molecule has 4 rings (SSSR count). The number of aryl methyl sites for hydroxylation is 2. The number of anilines is 1. The van der Waals surface area contributed by atoms with E-state index in [2.05, 4.69) is 25.8 Å². The molecule has 1 fully saturated rings. The van der Waals surface area contributed by atoms with Crippen LogP contribution in [0.15, 0.2) is 48.0 Å². The maximum Gasteiger partial charge on any atom is 0.301 e. The minimum absolute atomic E-state index is 0.00903. The third-order valence-electron chi connectivity index (χ3n) is 6.19. The molecule has 0 radical (unpaired) electrons. The number of ether oxygens (including phenoxy) is 1. The average Bonchev–Trinajstić information content (AvgIpc) is 3.27. The van der Waals surface area contributed by atoms with Gasteiger partial charge in [-0.15, -0.1) is 11.3 Å². The number of halogens is 1. The Hall–Kier alpha value is -3.16. The van der Waals surface area contributed by atoms with Gasteiger partial charge in [0.15, 0.2) is 5.13 Å². The van der Waals surface area contributed by atoms with Crippen LogP contribution in [0.4, 0.5) is 5.13 Å². The molecule has 2 heterocycles. The van der Waals surface area contributed by atoms with Crippen LogP contribution in [0.3, 0.4) is 0 Å². The highest BCUT2D eigenvalue weighted by molar-refractivity contribution is 7.16. The van der Waals surface area contributed by atoms with E-state index in [4.69, 9.17) is 16.3 Å². The van der Waals surface area contributed by atoms with Gasteiger partial charge in [0.1, 0.15) is 11.5 Å². The van der Waals surface area contributed by atoms with Gasteiger partial charge >= 0.3 is 5.91 Å². The highest BCUT2D eigenvalue weighted by atomic mass is 35.5. The molecule has 0 unspecified atom stereocenters. The van der Waals surface area contributed by atoms with Crippen molar-refractivity contribution in [2.45, 2.75) is 46.1 Å². The highest BCUT2D eigenvalue weighted by Gasteiger charge is 2.48. The maximum atomic E-state index is 13.3. The molecule has 1 aliphatic heterocycles. The maximum absolute atomic E-state index is 13.3. The van der Waals surface area contributed by atoms with Crippen LogP contribution in [0, 0.1) is 13.8 Å². The van der Waals surface area contributed by atoms with E-state index < -0.39 is 17.7 Å². The summed E-state index contributed by atoms with van der Waals surface area (Å²) in [6.07, 6.45) is 0. The largest absolute Gasteiger partial charge is 0.507 e. The number of carbonyl (C=O) groups is 2. The van der Waals surface area contributed by atoms with Crippen LogP contribution in [0.1, 0.15) is 54.1 Å². The number of carbonyl (C=O) groups excluding carboxylic acids is 2. The number of benzene rings is 2. The second-order valence-corrected chi connectivity index (χ2v) is 11.1. The van der Waals surface area contributed by atoms with Gasteiger partial charge in [0.25, 0.3) is 5.78 Å². The molecule has 3 aromatic rings. The molecule has 2 aromatic carbocycles. The number of aliphatic hydroxyl groups excluding tert-OH is 1. The van der Waals surface area contributed by atoms with Crippen LogP contribution in [-0.2, 0) is 15.0 Å². The van der Waals surface area contributed by atoms with Crippen molar-refractivity contribution >= 4 is 45.5 Å². The predicted molar refractivity (Wildman–Crippen MR) is 140 cm³/mol. The second-order valence-electron chi connectivity index (χ2n) is 9.53. The van der Waals surface area contributed by atoms with Gasteiger partial charge in [-0.25, -0.2) is 4.98 Å². The summed E-state index contributed by atoms with van der Waals surface area (Å²) in [7, 11) is 1.49. The number of thiazole rings is 1. The first kappa shape index (κ1) is 24.9. The van der Waals surface area contributed by atoms with Crippen molar-refractivity contribution in [3.63, 3.8) is 0 Å². The van der Waals surface area contributed by atoms with Crippen LogP contribution in [-0.4, -0.2) is 28.9 Å². The van der Waals surface area contributed by atoms with Gasteiger partial charge in [-0.05, 0) is 48.6 Å². The Morgan fingerprint density at radius 1 is 1.11 bits per heavy atom. The first-order chi connectivity index (χ1) is 16.4. The first-order valence-electron chi connectivity index (χ1n) is 11.1. The lowest BCUT2D eigenvalue weighted by Crippen LogP contribution is -2.29. The zero-order valence-corrected chi connectivity index (χ0v) is 22.0. The van der Waals surface area contributed by atoms with E-state index in [0.29, 0.717) is 22.0 Å². The van der Waals surface area contributed by atoms with E-state index in [9.17, 15) is 14.7 Å². The van der Waals surface area contributed by atoms with E-state index >= 15 is 0 Å². The zero-order chi connectivity index (χ0) is 25.7. The van der Waals surface area contributed by atoms with Gasteiger partial charge in [0.05, 0.1) is 29.4 Å². The number of aliphatic hydroxyl groups is 1. The lowest BCUT2D eigenvalue weighted by atomic mass is 9.85. The van der Waals surface area contributed by atoms with Crippen LogP contribution >= 0.6 is 22.9 Å². The van der Waals surface area contributed by atoms with Crippen LogP contribution in [0.5, 0.6) is 5.75 Å². The third kappa shape index (κ3) is 4.46. The van der Waals surface area contributed by atoms with Crippen molar-refractivity contribution in [2.75, 3.05) is 12.0 Å². The summed E-state index contributed by atoms with van der Waals surface area (Å²) < 4.78 is 5.19. The van der Waals surface area contributed by atoms with Crippen LogP contribution in [0.25, 0.3) is 5.76 Å². The van der Waals surface area contributed by atoms with E-state index in [0.717, 1.165) is 16.1 Å². The highest BCUT2D eigenvalue weighted by Crippen LogP contribution is 2.44. The number of hydrogen-bond donors (Lipinski definition) is 1. The molecule has 1 atom stereocenters. The number of Topliss-reactive ketones (excluding diaryl/α,β-unsaturated/α-hetero) is 1. The molecule has 0 saturated carbocycles. The average molecular weight is 511 g/mol. The number of aromatic nitrogens is 1.